The van der Waals surface area contributed by atoms with Crippen LogP contribution < -0.4 is 15.5 Å². The number of halogens is 1. The van der Waals surface area contributed by atoms with Gasteiger partial charge in [-0.15, -0.1) is 0 Å². The van der Waals surface area contributed by atoms with Crippen LogP contribution in [0.2, 0.25) is 5.02 Å². The minimum absolute atomic E-state index is 0.0159. The van der Waals surface area contributed by atoms with E-state index in [0.717, 1.165) is 10.5 Å². The Morgan fingerprint density at radius 3 is 2.47 bits per heavy atom. The van der Waals surface area contributed by atoms with E-state index in [1.165, 1.54) is 0 Å². The second kappa shape index (κ2) is 9.61. The molecule has 0 radical (unpaired) electrons. The van der Waals surface area contributed by atoms with Crippen molar-refractivity contribution in [2.24, 2.45) is 0 Å². The van der Waals surface area contributed by atoms with Crippen molar-refractivity contribution in [3.05, 3.63) is 53.1 Å². The van der Waals surface area contributed by atoms with Crippen LogP contribution in [0.15, 0.2) is 42.5 Å². The Morgan fingerprint density at radius 1 is 1.09 bits per heavy atom. The maximum atomic E-state index is 13.0. The summed E-state index contributed by atoms with van der Waals surface area (Å²) in [6, 6.07) is 9.44. The number of rotatable bonds is 4. The smallest absolute Gasteiger partial charge is 0.323 e. The normalized spacial score (nSPS) is 19.7. The molecule has 12 heteroatoms. The number of carbonyl (C=O) groups excluding carboxylic acids is 3. The molecule has 4 amide bonds. The number of nitrogens with zero attached hydrogens (tertiary/aromatic N) is 2. The summed E-state index contributed by atoms with van der Waals surface area (Å²) >= 11 is 5.85. The summed E-state index contributed by atoms with van der Waals surface area (Å²) in [4.78, 5) is 40.4. The van der Waals surface area contributed by atoms with Gasteiger partial charge in [-0.3, -0.25) is 14.5 Å². The maximum Gasteiger partial charge on any atom is 0.323 e. The number of urea groups is 1. The summed E-state index contributed by atoms with van der Waals surface area (Å²) in [6.07, 6.45) is 0. The first-order valence-corrected chi connectivity index (χ1v) is 12.7. The zero-order chi connectivity index (χ0) is 24.5. The number of sulfone groups is 1. The molecule has 1 atom stereocenters. The number of carbonyl (C=O) groups is 3. The van der Waals surface area contributed by atoms with Gasteiger partial charge in [0.2, 0.25) is 5.91 Å². The fraction of sp³-hybridized carbons (Fsp3) is 0.318. The largest absolute Gasteiger partial charge is 0.370 e. The van der Waals surface area contributed by atoms with Gasteiger partial charge < -0.3 is 20.3 Å². The summed E-state index contributed by atoms with van der Waals surface area (Å²) in [5, 5.41) is 5.76. The lowest BCUT2D eigenvalue weighted by molar-refractivity contribution is -0.125. The van der Waals surface area contributed by atoms with Crippen molar-refractivity contribution < 1.29 is 27.5 Å². The molecule has 2 fully saturated rings. The van der Waals surface area contributed by atoms with Crippen LogP contribution in [-0.2, 0) is 24.2 Å². The zero-order valence-corrected chi connectivity index (χ0v) is 19.9. The molecule has 0 aromatic heterocycles. The van der Waals surface area contributed by atoms with E-state index in [-0.39, 0.29) is 12.5 Å². The average molecular weight is 507 g/mol. The summed E-state index contributed by atoms with van der Waals surface area (Å²) in [6.45, 7) is 2.69. The fourth-order valence-corrected chi connectivity index (χ4v) is 5.63. The van der Waals surface area contributed by atoms with Gasteiger partial charge in [0, 0.05) is 28.6 Å². The van der Waals surface area contributed by atoms with Crippen molar-refractivity contribution in [2.75, 3.05) is 46.9 Å². The van der Waals surface area contributed by atoms with Crippen molar-refractivity contribution >= 4 is 56.3 Å². The summed E-state index contributed by atoms with van der Waals surface area (Å²) in [5.74, 6) is -1.82. The Bertz CT molecular complexity index is 1230. The third-order valence-electron chi connectivity index (χ3n) is 5.52. The highest BCUT2D eigenvalue weighted by Crippen LogP contribution is 2.26. The van der Waals surface area contributed by atoms with E-state index in [1.54, 1.807) is 54.3 Å². The standard InChI is InChI=1S/C22H23ClN4O6S/c1-14-10-17(6-7-18(14)26-8-9-33-11-20(26)28)24-21(29)19-12-34(31,32)13-27(19)22(30)25-16-4-2-15(23)3-5-16/h2-7,10,19H,8-9,11-13H2,1H3,(H,24,29)(H,25,30)/t19-/m1/s1. The Hall–Kier alpha value is -3.15. The van der Waals surface area contributed by atoms with Gasteiger partial charge in [-0.1, -0.05) is 11.6 Å². The third kappa shape index (κ3) is 5.32. The highest BCUT2D eigenvalue weighted by atomic mass is 35.5. The van der Waals surface area contributed by atoms with Crippen molar-refractivity contribution in [3.8, 4) is 0 Å². The molecule has 2 saturated heterocycles. The van der Waals surface area contributed by atoms with Crippen LogP contribution in [0.5, 0.6) is 0 Å². The molecule has 180 valence electrons. The Balaban J connectivity index is 1.48. The molecular formula is C22H23ClN4O6S. The van der Waals surface area contributed by atoms with Crippen LogP contribution in [0.1, 0.15) is 5.56 Å². The molecule has 2 aliphatic heterocycles. The quantitative estimate of drug-likeness (QED) is 0.655. The van der Waals surface area contributed by atoms with E-state index in [2.05, 4.69) is 10.6 Å². The van der Waals surface area contributed by atoms with Crippen LogP contribution in [0.3, 0.4) is 0 Å². The van der Waals surface area contributed by atoms with E-state index in [4.69, 9.17) is 16.3 Å². The minimum atomic E-state index is -3.63. The predicted octanol–water partition coefficient (Wildman–Crippen LogP) is 2.24. The molecule has 34 heavy (non-hydrogen) atoms. The number of benzene rings is 2. The van der Waals surface area contributed by atoms with Gasteiger partial charge in [0.05, 0.1) is 12.4 Å². The molecule has 2 aromatic rings. The SMILES string of the molecule is Cc1cc(NC(=O)[C@H]2CS(=O)(=O)CN2C(=O)Nc2ccc(Cl)cc2)ccc1N1CCOCC1=O. The molecule has 2 aliphatic rings. The molecule has 2 N–H and O–H groups in total. The second-order valence-electron chi connectivity index (χ2n) is 8.05. The van der Waals surface area contributed by atoms with Crippen LogP contribution in [0.4, 0.5) is 21.9 Å². The van der Waals surface area contributed by atoms with Crippen LogP contribution in [0.25, 0.3) is 0 Å². The Kier molecular flexibility index (Phi) is 6.78. The average Bonchev–Trinajstić information content (AvgIpc) is 3.12. The minimum Gasteiger partial charge on any atom is -0.370 e. The lowest BCUT2D eigenvalue weighted by atomic mass is 10.1. The number of ether oxygens (including phenoxy) is 1. The highest BCUT2D eigenvalue weighted by Gasteiger charge is 2.42. The molecule has 2 aromatic carbocycles. The molecule has 2 heterocycles. The third-order valence-corrected chi connectivity index (χ3v) is 7.27. The van der Waals surface area contributed by atoms with Gasteiger partial charge in [-0.25, -0.2) is 13.2 Å². The van der Waals surface area contributed by atoms with E-state index in [9.17, 15) is 22.8 Å². The molecule has 0 saturated carbocycles. The van der Waals surface area contributed by atoms with Gasteiger partial charge in [0.1, 0.15) is 18.5 Å². The number of hydrogen-bond donors (Lipinski definition) is 2. The Morgan fingerprint density at radius 2 is 1.79 bits per heavy atom. The summed E-state index contributed by atoms with van der Waals surface area (Å²) in [5.41, 5.74) is 2.30. The number of anilines is 3. The lowest BCUT2D eigenvalue weighted by Gasteiger charge is -2.28. The van der Waals surface area contributed by atoms with Crippen LogP contribution in [0, 0.1) is 6.92 Å². The first kappa shape index (κ1) is 24.0. The number of morpholine rings is 1. The van der Waals surface area contributed by atoms with Crippen molar-refractivity contribution in [1.29, 1.82) is 0 Å². The van der Waals surface area contributed by atoms with Gasteiger partial charge in [0.15, 0.2) is 9.84 Å². The molecule has 0 bridgehead atoms. The van der Waals surface area contributed by atoms with Gasteiger partial charge >= 0.3 is 6.03 Å². The zero-order valence-electron chi connectivity index (χ0n) is 18.3. The molecule has 0 aliphatic carbocycles. The van der Waals surface area contributed by atoms with Gasteiger partial charge in [-0.05, 0) is 55.0 Å². The topological polar surface area (TPSA) is 125 Å². The van der Waals surface area contributed by atoms with Crippen LogP contribution >= 0.6 is 11.6 Å². The van der Waals surface area contributed by atoms with Crippen molar-refractivity contribution in [2.45, 2.75) is 13.0 Å². The lowest BCUT2D eigenvalue weighted by Crippen LogP contribution is -2.46. The fourth-order valence-electron chi connectivity index (χ4n) is 3.87. The number of nitrogens with one attached hydrogen (secondary N) is 2. The highest BCUT2D eigenvalue weighted by molar-refractivity contribution is 7.91. The predicted molar refractivity (Wildman–Crippen MR) is 128 cm³/mol. The van der Waals surface area contributed by atoms with E-state index in [1.807, 2.05) is 0 Å². The summed E-state index contributed by atoms with van der Waals surface area (Å²) < 4.78 is 29.7. The number of hydrogen-bond acceptors (Lipinski definition) is 6. The molecular weight excluding hydrogens is 484 g/mol. The first-order valence-electron chi connectivity index (χ1n) is 10.5. The van der Waals surface area contributed by atoms with E-state index in [0.29, 0.717) is 35.2 Å². The summed E-state index contributed by atoms with van der Waals surface area (Å²) in [7, 11) is -3.63. The van der Waals surface area contributed by atoms with Crippen LogP contribution in [-0.4, -0.2) is 68.6 Å². The van der Waals surface area contributed by atoms with E-state index < -0.39 is 39.4 Å². The van der Waals surface area contributed by atoms with Gasteiger partial charge in [-0.2, -0.15) is 0 Å². The van der Waals surface area contributed by atoms with Crippen molar-refractivity contribution in [3.63, 3.8) is 0 Å². The monoisotopic (exact) mass is 506 g/mol. The molecule has 10 nitrogen and oxygen atoms in total. The number of aryl methyl sites for hydroxylation is 1. The van der Waals surface area contributed by atoms with Crippen molar-refractivity contribution in [1.82, 2.24) is 4.90 Å². The second-order valence-corrected chi connectivity index (χ2v) is 10.6. The molecule has 0 unspecified atom stereocenters. The molecule has 4 rings (SSSR count). The van der Waals surface area contributed by atoms with Gasteiger partial charge in [0.25, 0.3) is 5.91 Å². The van der Waals surface area contributed by atoms with E-state index >= 15 is 0 Å². The molecule has 0 spiro atoms. The maximum absolute atomic E-state index is 13.0. The Labute approximate surface area is 201 Å². The number of amides is 4. The first-order chi connectivity index (χ1) is 16.1.